The van der Waals surface area contributed by atoms with Gasteiger partial charge < -0.3 is 25.5 Å². The van der Waals surface area contributed by atoms with Crippen molar-refractivity contribution in [1.29, 1.82) is 0 Å². The van der Waals surface area contributed by atoms with E-state index in [9.17, 15) is 0 Å². The van der Waals surface area contributed by atoms with E-state index in [0.717, 1.165) is 6.08 Å². The highest BCUT2D eigenvalue weighted by molar-refractivity contribution is 4.90. The van der Waals surface area contributed by atoms with Crippen molar-refractivity contribution in [2.45, 2.75) is 24.4 Å². The molecule has 0 aromatic heterocycles. The van der Waals surface area contributed by atoms with Crippen molar-refractivity contribution in [2.24, 2.45) is 0 Å². The molecule has 5 nitrogen and oxygen atoms in total. The standard InChI is InChI=1S/C7H14O5/c1-2-4(9)6(11)7(12)5(10)3-8/h2,4-12H,1,3H2/t4-,5-,6+,7+/m0/s1. The molecule has 0 radical (unpaired) electrons. The van der Waals surface area contributed by atoms with Gasteiger partial charge in [-0.2, -0.15) is 0 Å². The van der Waals surface area contributed by atoms with Crippen LogP contribution in [0.25, 0.3) is 0 Å². The Morgan fingerprint density at radius 3 is 1.92 bits per heavy atom. The lowest BCUT2D eigenvalue weighted by Gasteiger charge is -2.23. The lowest BCUT2D eigenvalue weighted by molar-refractivity contribution is -0.104. The molecular weight excluding hydrogens is 164 g/mol. The fourth-order valence-corrected chi connectivity index (χ4v) is 0.677. The highest BCUT2D eigenvalue weighted by Crippen LogP contribution is 2.04. The largest absolute Gasteiger partial charge is 0.394 e. The summed E-state index contributed by atoms with van der Waals surface area (Å²) >= 11 is 0. The van der Waals surface area contributed by atoms with Gasteiger partial charge in [0.2, 0.25) is 0 Å². The topological polar surface area (TPSA) is 101 Å². The summed E-state index contributed by atoms with van der Waals surface area (Å²) in [6.07, 6.45) is -4.87. The Morgan fingerprint density at radius 2 is 1.58 bits per heavy atom. The third kappa shape index (κ3) is 2.88. The van der Waals surface area contributed by atoms with Crippen LogP contribution in [0.15, 0.2) is 12.7 Å². The van der Waals surface area contributed by atoms with Crippen LogP contribution in [0.4, 0.5) is 0 Å². The average Bonchev–Trinajstić information content (AvgIpc) is 2.12. The molecule has 0 unspecified atom stereocenters. The number of hydrogen-bond acceptors (Lipinski definition) is 5. The Hall–Kier alpha value is -0.460. The average molecular weight is 178 g/mol. The summed E-state index contributed by atoms with van der Waals surface area (Å²) in [4.78, 5) is 0. The Morgan fingerprint density at radius 1 is 1.08 bits per heavy atom. The minimum absolute atomic E-state index is 0.678. The highest BCUT2D eigenvalue weighted by atomic mass is 16.4. The van der Waals surface area contributed by atoms with Crippen LogP contribution in [0.3, 0.4) is 0 Å². The molecule has 0 saturated carbocycles. The SMILES string of the molecule is C=C[C@H](O)[C@@H](O)[C@H](O)[C@@H](O)CO. The van der Waals surface area contributed by atoms with Gasteiger partial charge in [-0.3, -0.25) is 0 Å². The second-order valence-electron chi connectivity index (χ2n) is 2.46. The summed E-state index contributed by atoms with van der Waals surface area (Å²) in [6.45, 7) is 2.51. The van der Waals surface area contributed by atoms with Gasteiger partial charge >= 0.3 is 0 Å². The zero-order valence-corrected chi connectivity index (χ0v) is 6.54. The number of rotatable bonds is 5. The van der Waals surface area contributed by atoms with E-state index in [4.69, 9.17) is 25.5 Å². The van der Waals surface area contributed by atoms with E-state index in [-0.39, 0.29) is 0 Å². The maximum absolute atomic E-state index is 9.05. The van der Waals surface area contributed by atoms with E-state index in [1.54, 1.807) is 0 Å². The van der Waals surface area contributed by atoms with Gasteiger partial charge in [-0.25, -0.2) is 0 Å². The van der Waals surface area contributed by atoms with Crippen LogP contribution in [-0.4, -0.2) is 56.6 Å². The summed E-state index contributed by atoms with van der Waals surface area (Å²) in [5.41, 5.74) is 0. The third-order valence-corrected chi connectivity index (χ3v) is 1.52. The van der Waals surface area contributed by atoms with E-state index in [2.05, 4.69) is 6.58 Å². The van der Waals surface area contributed by atoms with Crippen molar-refractivity contribution in [2.75, 3.05) is 6.61 Å². The molecule has 4 atom stereocenters. The molecule has 5 heteroatoms. The number of hydrogen-bond donors (Lipinski definition) is 5. The third-order valence-electron chi connectivity index (χ3n) is 1.52. The molecule has 0 amide bonds. The smallest absolute Gasteiger partial charge is 0.112 e. The Bertz CT molecular complexity index is 138. The Balaban J connectivity index is 4.07. The van der Waals surface area contributed by atoms with E-state index < -0.39 is 31.0 Å². The van der Waals surface area contributed by atoms with Crippen LogP contribution in [0, 0.1) is 0 Å². The lowest BCUT2D eigenvalue weighted by Crippen LogP contribution is -2.45. The van der Waals surface area contributed by atoms with E-state index >= 15 is 0 Å². The van der Waals surface area contributed by atoms with E-state index in [1.165, 1.54) is 0 Å². The van der Waals surface area contributed by atoms with Crippen LogP contribution in [-0.2, 0) is 0 Å². The molecule has 0 heterocycles. The Labute approximate surface area is 70.2 Å². The zero-order valence-electron chi connectivity index (χ0n) is 6.54. The molecule has 0 aliphatic heterocycles. The Kier molecular flexibility index (Phi) is 5.03. The van der Waals surface area contributed by atoms with Gasteiger partial charge in [0, 0.05) is 0 Å². The van der Waals surface area contributed by atoms with Crippen molar-refractivity contribution >= 4 is 0 Å². The minimum atomic E-state index is -1.58. The normalized spacial score (nSPS) is 21.1. The van der Waals surface area contributed by atoms with Gasteiger partial charge in [-0.1, -0.05) is 6.08 Å². The fourth-order valence-electron chi connectivity index (χ4n) is 0.677. The molecule has 0 bridgehead atoms. The molecule has 0 saturated heterocycles. The summed E-state index contributed by atoms with van der Waals surface area (Å²) in [5, 5.41) is 44.2. The van der Waals surface area contributed by atoms with Crippen LogP contribution < -0.4 is 0 Å². The molecule has 0 spiro atoms. The maximum atomic E-state index is 9.05. The summed E-state index contributed by atoms with van der Waals surface area (Å²) in [6, 6.07) is 0. The molecule has 0 aromatic carbocycles. The molecule has 0 aliphatic rings. The molecule has 12 heavy (non-hydrogen) atoms. The van der Waals surface area contributed by atoms with E-state index in [0.29, 0.717) is 0 Å². The van der Waals surface area contributed by atoms with Crippen LogP contribution >= 0.6 is 0 Å². The van der Waals surface area contributed by atoms with Gasteiger partial charge in [0.05, 0.1) is 6.61 Å². The van der Waals surface area contributed by atoms with Crippen molar-refractivity contribution in [3.63, 3.8) is 0 Å². The minimum Gasteiger partial charge on any atom is -0.394 e. The van der Waals surface area contributed by atoms with Gasteiger partial charge in [0.25, 0.3) is 0 Å². The van der Waals surface area contributed by atoms with Crippen LogP contribution in [0.1, 0.15) is 0 Å². The summed E-state index contributed by atoms with van der Waals surface area (Å²) in [5.74, 6) is 0. The first-order chi connectivity index (χ1) is 5.54. The van der Waals surface area contributed by atoms with Crippen molar-refractivity contribution in [1.82, 2.24) is 0 Å². The molecule has 0 aromatic rings. The predicted octanol–water partition coefficient (Wildman–Crippen LogP) is -2.39. The number of aliphatic hydroxyl groups excluding tert-OH is 5. The van der Waals surface area contributed by atoms with Gasteiger partial charge in [0.15, 0.2) is 0 Å². The molecule has 0 aliphatic carbocycles. The zero-order chi connectivity index (χ0) is 9.72. The van der Waals surface area contributed by atoms with Gasteiger partial charge in [-0.15, -0.1) is 6.58 Å². The van der Waals surface area contributed by atoms with Crippen molar-refractivity contribution < 1.29 is 25.5 Å². The second kappa shape index (κ2) is 5.23. The van der Waals surface area contributed by atoms with Crippen molar-refractivity contribution in [3.8, 4) is 0 Å². The van der Waals surface area contributed by atoms with Gasteiger partial charge in [0.1, 0.15) is 24.4 Å². The molecule has 0 fully saturated rings. The van der Waals surface area contributed by atoms with Crippen LogP contribution in [0.2, 0.25) is 0 Å². The maximum Gasteiger partial charge on any atom is 0.112 e. The summed E-state index contributed by atoms with van der Waals surface area (Å²) in [7, 11) is 0. The first kappa shape index (κ1) is 11.5. The first-order valence-electron chi connectivity index (χ1n) is 3.50. The fraction of sp³-hybridized carbons (Fsp3) is 0.714. The molecule has 5 N–H and O–H groups in total. The van der Waals surface area contributed by atoms with Gasteiger partial charge in [-0.05, 0) is 0 Å². The predicted molar refractivity (Wildman–Crippen MR) is 41.3 cm³/mol. The van der Waals surface area contributed by atoms with E-state index in [1.807, 2.05) is 0 Å². The highest BCUT2D eigenvalue weighted by Gasteiger charge is 2.28. The lowest BCUT2D eigenvalue weighted by atomic mass is 10.0. The molecule has 72 valence electrons. The van der Waals surface area contributed by atoms with Crippen molar-refractivity contribution in [3.05, 3.63) is 12.7 Å². The monoisotopic (exact) mass is 178 g/mol. The molecular formula is C7H14O5. The first-order valence-corrected chi connectivity index (χ1v) is 3.50. The molecule has 0 rings (SSSR count). The second-order valence-corrected chi connectivity index (χ2v) is 2.46. The van der Waals surface area contributed by atoms with Crippen LogP contribution in [0.5, 0.6) is 0 Å². The quantitative estimate of drug-likeness (QED) is 0.302. The number of aliphatic hydroxyl groups is 5. The summed E-state index contributed by atoms with van der Waals surface area (Å²) < 4.78 is 0.